The lowest BCUT2D eigenvalue weighted by Gasteiger charge is -2.24. The molecular weight excluding hydrogens is 310 g/mol. The second-order valence-corrected chi connectivity index (χ2v) is 5.72. The fraction of sp³-hybridized carbons (Fsp3) is 0.533. The number of aromatic nitrogens is 4. The molecule has 9 heteroatoms. The van der Waals surface area contributed by atoms with Crippen LogP contribution in [0, 0.1) is 6.92 Å². The molecule has 0 saturated carbocycles. The summed E-state index contributed by atoms with van der Waals surface area (Å²) in [6.07, 6.45) is 1.80. The number of hydrogen-bond donors (Lipinski definition) is 4. The molecule has 3 rings (SSSR count). The van der Waals surface area contributed by atoms with E-state index < -0.39 is 0 Å². The number of rotatable bonds is 6. The molecular formula is C15H23N7O2. The van der Waals surface area contributed by atoms with E-state index in [0.29, 0.717) is 23.7 Å². The van der Waals surface area contributed by atoms with Crippen molar-refractivity contribution in [2.45, 2.75) is 19.6 Å². The maximum absolute atomic E-state index is 9.42. The van der Waals surface area contributed by atoms with Gasteiger partial charge in [-0.3, -0.25) is 4.68 Å². The van der Waals surface area contributed by atoms with Crippen molar-refractivity contribution < 1.29 is 9.84 Å². The smallest absolute Gasteiger partial charge is 0.155 e. The summed E-state index contributed by atoms with van der Waals surface area (Å²) in [6.45, 7) is 4.98. The highest BCUT2D eigenvalue weighted by Crippen LogP contribution is 2.22. The molecule has 130 valence electrons. The molecule has 0 spiro atoms. The first-order chi connectivity index (χ1) is 11.7. The Bertz CT molecular complexity index is 682. The predicted octanol–water partition coefficient (Wildman–Crippen LogP) is 0.155. The zero-order valence-corrected chi connectivity index (χ0v) is 13.9. The van der Waals surface area contributed by atoms with Gasteiger partial charge in [-0.25, -0.2) is 0 Å². The average Bonchev–Trinajstić information content (AvgIpc) is 2.95. The normalized spacial score (nSPS) is 17.7. The van der Waals surface area contributed by atoms with Gasteiger partial charge in [-0.05, 0) is 6.92 Å². The largest absolute Gasteiger partial charge is 0.390 e. The van der Waals surface area contributed by atoms with Gasteiger partial charge >= 0.3 is 0 Å². The molecule has 1 saturated heterocycles. The first-order valence-corrected chi connectivity index (χ1v) is 7.96. The van der Waals surface area contributed by atoms with Crippen molar-refractivity contribution >= 4 is 17.2 Å². The summed E-state index contributed by atoms with van der Waals surface area (Å²) in [5.74, 6) is 0.591. The molecule has 0 aromatic carbocycles. The summed E-state index contributed by atoms with van der Waals surface area (Å²) in [4.78, 5) is 0. The fourth-order valence-corrected chi connectivity index (χ4v) is 2.56. The van der Waals surface area contributed by atoms with Gasteiger partial charge in [0.25, 0.3) is 0 Å². The van der Waals surface area contributed by atoms with Crippen LogP contribution in [0.5, 0.6) is 0 Å². The van der Waals surface area contributed by atoms with Crippen LogP contribution in [-0.2, 0) is 18.4 Å². The van der Waals surface area contributed by atoms with Gasteiger partial charge < -0.3 is 25.8 Å². The van der Waals surface area contributed by atoms with Crippen molar-refractivity contribution in [2.75, 3.05) is 36.9 Å². The zero-order valence-electron chi connectivity index (χ0n) is 13.9. The molecule has 0 aliphatic carbocycles. The number of morpholine rings is 1. The summed E-state index contributed by atoms with van der Waals surface area (Å²) in [6, 6.07) is 1.90. The standard InChI is InChI=1S/C15H23N7O2/c1-10-12(17-7-11-6-16-3-4-24-11)5-15(21-20-10)19-13-8-18-22(2)14(13)9-23/h5,8,11,16,23H,3-4,6-7,9H2,1-2H3,(H2,17,19,21)/t11-/m1/s1. The summed E-state index contributed by atoms with van der Waals surface area (Å²) in [5.41, 5.74) is 3.12. The second kappa shape index (κ2) is 7.56. The summed E-state index contributed by atoms with van der Waals surface area (Å²) in [5, 5.41) is 31.7. The van der Waals surface area contributed by atoms with Crippen molar-refractivity contribution in [3.05, 3.63) is 23.7 Å². The SMILES string of the molecule is Cc1nnc(Nc2cnn(C)c2CO)cc1NC[C@H]1CNCCO1. The molecule has 9 nitrogen and oxygen atoms in total. The van der Waals surface area contributed by atoms with Crippen molar-refractivity contribution in [3.63, 3.8) is 0 Å². The number of ether oxygens (including phenoxy) is 1. The Balaban J connectivity index is 1.68. The van der Waals surface area contributed by atoms with E-state index in [4.69, 9.17) is 4.74 Å². The predicted molar refractivity (Wildman–Crippen MR) is 90.3 cm³/mol. The Labute approximate surface area is 140 Å². The van der Waals surface area contributed by atoms with Crippen molar-refractivity contribution in [1.82, 2.24) is 25.3 Å². The molecule has 2 aromatic rings. The molecule has 1 aliphatic rings. The number of hydrogen-bond acceptors (Lipinski definition) is 8. The first kappa shape index (κ1) is 16.6. The van der Waals surface area contributed by atoms with Crippen LogP contribution in [0.4, 0.5) is 17.2 Å². The maximum Gasteiger partial charge on any atom is 0.155 e. The quantitative estimate of drug-likeness (QED) is 0.592. The molecule has 0 radical (unpaired) electrons. The van der Waals surface area contributed by atoms with Crippen LogP contribution in [0.15, 0.2) is 12.3 Å². The summed E-state index contributed by atoms with van der Waals surface area (Å²) in [7, 11) is 1.78. The minimum atomic E-state index is -0.102. The summed E-state index contributed by atoms with van der Waals surface area (Å²) >= 11 is 0. The Hall–Kier alpha value is -2.23. The van der Waals surface area contributed by atoms with E-state index in [2.05, 4.69) is 31.2 Å². The third-order valence-electron chi connectivity index (χ3n) is 3.98. The van der Waals surface area contributed by atoms with E-state index >= 15 is 0 Å². The minimum Gasteiger partial charge on any atom is -0.390 e. The lowest BCUT2D eigenvalue weighted by atomic mass is 10.2. The van der Waals surface area contributed by atoms with E-state index in [1.807, 2.05) is 13.0 Å². The molecule has 0 bridgehead atoms. The van der Waals surface area contributed by atoms with Gasteiger partial charge in [-0.2, -0.15) is 10.2 Å². The molecule has 24 heavy (non-hydrogen) atoms. The zero-order chi connectivity index (χ0) is 16.9. The van der Waals surface area contributed by atoms with Gasteiger partial charge in [0.05, 0.1) is 48.3 Å². The topological polar surface area (TPSA) is 109 Å². The second-order valence-electron chi connectivity index (χ2n) is 5.72. The van der Waals surface area contributed by atoms with Crippen LogP contribution in [0.3, 0.4) is 0 Å². The Morgan fingerprint density at radius 3 is 3.04 bits per heavy atom. The van der Waals surface area contributed by atoms with E-state index in [9.17, 15) is 5.11 Å². The first-order valence-electron chi connectivity index (χ1n) is 7.96. The lowest BCUT2D eigenvalue weighted by Crippen LogP contribution is -2.42. The van der Waals surface area contributed by atoms with E-state index in [-0.39, 0.29) is 12.7 Å². The molecule has 1 atom stereocenters. The van der Waals surface area contributed by atoms with Crippen LogP contribution in [0.2, 0.25) is 0 Å². The van der Waals surface area contributed by atoms with E-state index in [0.717, 1.165) is 31.1 Å². The Morgan fingerprint density at radius 2 is 2.29 bits per heavy atom. The lowest BCUT2D eigenvalue weighted by molar-refractivity contribution is 0.0372. The Kier molecular flexibility index (Phi) is 5.24. The molecule has 4 N–H and O–H groups in total. The molecule has 1 fully saturated rings. The number of aliphatic hydroxyl groups is 1. The third kappa shape index (κ3) is 3.81. The highest BCUT2D eigenvalue weighted by Gasteiger charge is 2.14. The highest BCUT2D eigenvalue weighted by atomic mass is 16.5. The third-order valence-corrected chi connectivity index (χ3v) is 3.98. The molecule has 1 aliphatic heterocycles. The molecule has 0 unspecified atom stereocenters. The van der Waals surface area contributed by atoms with Crippen LogP contribution < -0.4 is 16.0 Å². The fourth-order valence-electron chi connectivity index (χ4n) is 2.56. The number of aryl methyl sites for hydroxylation is 2. The van der Waals surface area contributed by atoms with Crippen molar-refractivity contribution in [3.8, 4) is 0 Å². The maximum atomic E-state index is 9.42. The number of anilines is 3. The van der Waals surface area contributed by atoms with Crippen LogP contribution >= 0.6 is 0 Å². The van der Waals surface area contributed by atoms with E-state index in [1.165, 1.54) is 0 Å². The minimum absolute atomic E-state index is 0.102. The van der Waals surface area contributed by atoms with Gasteiger partial charge in [0.2, 0.25) is 0 Å². The van der Waals surface area contributed by atoms with E-state index in [1.54, 1.807) is 17.9 Å². The Morgan fingerprint density at radius 1 is 1.42 bits per heavy atom. The molecule has 3 heterocycles. The number of nitrogens with one attached hydrogen (secondary N) is 3. The van der Waals surface area contributed by atoms with Gasteiger partial charge in [-0.1, -0.05) is 0 Å². The van der Waals surface area contributed by atoms with Crippen molar-refractivity contribution in [2.24, 2.45) is 7.05 Å². The highest BCUT2D eigenvalue weighted by molar-refractivity contribution is 5.62. The monoisotopic (exact) mass is 333 g/mol. The van der Waals surface area contributed by atoms with Crippen LogP contribution in [0.25, 0.3) is 0 Å². The van der Waals surface area contributed by atoms with Crippen molar-refractivity contribution in [1.29, 1.82) is 0 Å². The average molecular weight is 333 g/mol. The van der Waals surface area contributed by atoms with Gasteiger partial charge in [0, 0.05) is 32.7 Å². The van der Waals surface area contributed by atoms with Crippen LogP contribution in [0.1, 0.15) is 11.4 Å². The number of nitrogens with zero attached hydrogens (tertiary/aromatic N) is 4. The molecule has 0 amide bonds. The van der Waals surface area contributed by atoms with Crippen LogP contribution in [-0.4, -0.2) is 57.4 Å². The number of aliphatic hydroxyl groups excluding tert-OH is 1. The van der Waals surface area contributed by atoms with Gasteiger partial charge in [0.15, 0.2) is 5.82 Å². The van der Waals surface area contributed by atoms with Gasteiger partial charge in [-0.15, -0.1) is 5.10 Å². The molecule has 2 aromatic heterocycles. The van der Waals surface area contributed by atoms with Gasteiger partial charge in [0.1, 0.15) is 0 Å². The summed E-state index contributed by atoms with van der Waals surface area (Å²) < 4.78 is 7.30.